The van der Waals surface area contributed by atoms with Crippen LogP contribution in [0.3, 0.4) is 0 Å². The predicted octanol–water partition coefficient (Wildman–Crippen LogP) is 2.54. The Morgan fingerprint density at radius 3 is 2.41 bits per heavy atom. The topological polar surface area (TPSA) is 46.5 Å². The van der Waals surface area contributed by atoms with Crippen LogP contribution in [0.2, 0.25) is 0 Å². The lowest BCUT2D eigenvalue weighted by Crippen LogP contribution is -2.44. The number of hydrogen-bond donors (Lipinski definition) is 1. The van der Waals surface area contributed by atoms with Crippen LogP contribution in [0, 0.1) is 16.7 Å². The number of esters is 1. The number of carbonyl (C=O) groups is 1. The molecule has 0 aromatic rings. The number of aliphatic hydroxyl groups is 1. The first-order valence-corrected chi connectivity index (χ1v) is 6.23. The van der Waals surface area contributed by atoms with E-state index in [4.69, 9.17) is 4.74 Å². The lowest BCUT2D eigenvalue weighted by Gasteiger charge is -2.41. The molecule has 3 nitrogen and oxygen atoms in total. The normalized spacial score (nSPS) is 28.4. The third-order valence-corrected chi connectivity index (χ3v) is 4.14. The maximum Gasteiger partial charge on any atom is 0.308 e. The molecule has 1 aliphatic carbocycles. The Bertz CT molecular complexity index is 317. The molecule has 1 aliphatic rings. The van der Waals surface area contributed by atoms with Gasteiger partial charge in [0.25, 0.3) is 0 Å². The van der Waals surface area contributed by atoms with Crippen molar-refractivity contribution in [2.75, 3.05) is 6.61 Å². The first-order chi connectivity index (χ1) is 7.71. The summed E-state index contributed by atoms with van der Waals surface area (Å²) in [6.45, 7) is 9.91. The molecule has 0 saturated carbocycles. The van der Waals surface area contributed by atoms with Crippen molar-refractivity contribution >= 4 is 5.97 Å². The van der Waals surface area contributed by atoms with E-state index in [2.05, 4.69) is 26.0 Å². The lowest BCUT2D eigenvalue weighted by atomic mass is 9.65. The highest BCUT2D eigenvalue weighted by molar-refractivity contribution is 5.71. The summed E-state index contributed by atoms with van der Waals surface area (Å²) in [6, 6.07) is 0. The molecule has 1 N–H and O–H groups in total. The molecule has 0 heterocycles. The third kappa shape index (κ3) is 2.71. The van der Waals surface area contributed by atoms with Crippen molar-refractivity contribution in [3.63, 3.8) is 0 Å². The highest BCUT2D eigenvalue weighted by Gasteiger charge is 2.47. The van der Waals surface area contributed by atoms with E-state index in [1.54, 1.807) is 13.8 Å². The second-order valence-electron chi connectivity index (χ2n) is 6.05. The second-order valence-corrected chi connectivity index (χ2v) is 6.05. The van der Waals surface area contributed by atoms with Gasteiger partial charge in [-0.3, -0.25) is 4.79 Å². The second kappa shape index (κ2) is 4.81. The van der Waals surface area contributed by atoms with Crippen molar-refractivity contribution in [2.45, 2.75) is 47.1 Å². The maximum atomic E-state index is 11.4. The molecule has 1 unspecified atom stereocenters. The molecule has 0 bridgehead atoms. The summed E-state index contributed by atoms with van der Waals surface area (Å²) in [5.41, 5.74) is -0.332. The van der Waals surface area contributed by atoms with Crippen LogP contribution in [-0.2, 0) is 9.53 Å². The van der Waals surface area contributed by atoms with Crippen molar-refractivity contribution in [1.29, 1.82) is 0 Å². The van der Waals surface area contributed by atoms with Crippen molar-refractivity contribution in [2.24, 2.45) is 16.7 Å². The summed E-state index contributed by atoms with van der Waals surface area (Å²) in [6.07, 6.45) is 4.41. The maximum absolute atomic E-state index is 11.4. The van der Waals surface area contributed by atoms with Crippen LogP contribution < -0.4 is 0 Å². The first-order valence-electron chi connectivity index (χ1n) is 6.23. The molecule has 0 spiro atoms. The van der Waals surface area contributed by atoms with Crippen molar-refractivity contribution < 1.29 is 14.6 Å². The molecule has 0 aliphatic heterocycles. The van der Waals surface area contributed by atoms with E-state index in [-0.39, 0.29) is 29.3 Å². The number of aliphatic hydroxyl groups excluding tert-OH is 1. The highest BCUT2D eigenvalue weighted by atomic mass is 16.5. The summed E-state index contributed by atoms with van der Waals surface area (Å²) in [5, 5.41) is 10.3. The molecule has 3 heteroatoms. The summed E-state index contributed by atoms with van der Waals surface area (Å²) in [7, 11) is 0. The van der Waals surface area contributed by atoms with Crippen LogP contribution in [0.25, 0.3) is 0 Å². The van der Waals surface area contributed by atoms with E-state index >= 15 is 0 Å². The average Bonchev–Trinajstić information content (AvgIpc) is 2.50. The quantitative estimate of drug-likeness (QED) is 0.607. The van der Waals surface area contributed by atoms with Gasteiger partial charge in [0.1, 0.15) is 6.61 Å². The van der Waals surface area contributed by atoms with Gasteiger partial charge >= 0.3 is 5.97 Å². The molecule has 2 atom stereocenters. The van der Waals surface area contributed by atoms with Gasteiger partial charge in [0.2, 0.25) is 0 Å². The zero-order chi connectivity index (χ0) is 13.3. The average molecular weight is 240 g/mol. The zero-order valence-corrected chi connectivity index (χ0v) is 11.5. The predicted molar refractivity (Wildman–Crippen MR) is 67.4 cm³/mol. The fraction of sp³-hybridized carbons (Fsp3) is 0.786. The van der Waals surface area contributed by atoms with Gasteiger partial charge in [-0.1, -0.05) is 46.8 Å². The van der Waals surface area contributed by atoms with Crippen LogP contribution >= 0.6 is 0 Å². The van der Waals surface area contributed by atoms with Gasteiger partial charge in [-0.25, -0.2) is 0 Å². The van der Waals surface area contributed by atoms with E-state index in [1.165, 1.54) is 0 Å². The van der Waals surface area contributed by atoms with Crippen LogP contribution in [0.4, 0.5) is 0 Å². The van der Waals surface area contributed by atoms with Crippen LogP contribution in [0.15, 0.2) is 12.2 Å². The van der Waals surface area contributed by atoms with Crippen LogP contribution in [-0.4, -0.2) is 23.8 Å². The van der Waals surface area contributed by atoms with E-state index in [1.807, 2.05) is 6.92 Å². The van der Waals surface area contributed by atoms with Gasteiger partial charge in [-0.05, 0) is 11.8 Å². The minimum atomic E-state index is -0.629. The molecular weight excluding hydrogens is 216 g/mol. The summed E-state index contributed by atoms with van der Waals surface area (Å²) in [4.78, 5) is 11.4. The lowest BCUT2D eigenvalue weighted by molar-refractivity contribution is -0.155. The number of carbonyl (C=O) groups excluding carboxylic acids is 1. The third-order valence-electron chi connectivity index (χ3n) is 4.14. The van der Waals surface area contributed by atoms with Crippen molar-refractivity contribution in [1.82, 2.24) is 0 Å². The largest absolute Gasteiger partial charge is 0.463 e. The number of ether oxygens (including phenoxy) is 1. The molecule has 0 fully saturated rings. The molecule has 17 heavy (non-hydrogen) atoms. The number of allylic oxidation sites excluding steroid dienone is 2. The molecule has 0 saturated heterocycles. The molecule has 0 amide bonds. The fourth-order valence-corrected chi connectivity index (χ4v) is 2.13. The standard InChI is InChI=1S/C14H24O3/c1-10(2)12(16)17-9-11(15)14(5)8-6-7-13(14,3)4/h6-7,10-11,15H,8-9H2,1-5H3/t11-,14?/m1/s1. The Morgan fingerprint density at radius 1 is 1.41 bits per heavy atom. The minimum absolute atomic E-state index is 0.0728. The van der Waals surface area contributed by atoms with Crippen LogP contribution in [0.5, 0.6) is 0 Å². The van der Waals surface area contributed by atoms with E-state index in [0.717, 1.165) is 6.42 Å². The van der Waals surface area contributed by atoms with Crippen LogP contribution in [0.1, 0.15) is 41.0 Å². The monoisotopic (exact) mass is 240 g/mol. The summed E-state index contributed by atoms with van der Waals surface area (Å²) in [5.74, 6) is -0.402. The molecule has 0 aromatic carbocycles. The van der Waals surface area contributed by atoms with Crippen molar-refractivity contribution in [3.05, 3.63) is 12.2 Å². The van der Waals surface area contributed by atoms with Gasteiger partial charge in [-0.15, -0.1) is 0 Å². The van der Waals surface area contributed by atoms with E-state index in [9.17, 15) is 9.90 Å². The van der Waals surface area contributed by atoms with E-state index < -0.39 is 6.10 Å². The van der Waals surface area contributed by atoms with Gasteiger partial charge in [0.05, 0.1) is 12.0 Å². The molecule has 1 rings (SSSR count). The summed E-state index contributed by atoms with van der Waals surface area (Å²) < 4.78 is 5.12. The Hall–Kier alpha value is -0.830. The van der Waals surface area contributed by atoms with Gasteiger partial charge in [0.15, 0.2) is 0 Å². The summed E-state index contributed by atoms with van der Waals surface area (Å²) >= 11 is 0. The molecule has 98 valence electrons. The smallest absolute Gasteiger partial charge is 0.308 e. The Morgan fingerprint density at radius 2 is 2.00 bits per heavy atom. The van der Waals surface area contributed by atoms with Gasteiger partial charge < -0.3 is 9.84 Å². The minimum Gasteiger partial charge on any atom is -0.463 e. The number of rotatable bonds is 4. The highest BCUT2D eigenvalue weighted by Crippen LogP contribution is 2.50. The molecular formula is C14H24O3. The van der Waals surface area contributed by atoms with Crippen molar-refractivity contribution in [3.8, 4) is 0 Å². The Kier molecular flexibility index (Phi) is 4.03. The Balaban J connectivity index is 2.59. The number of hydrogen-bond acceptors (Lipinski definition) is 3. The SMILES string of the molecule is CC(C)C(=O)OC[C@@H](O)C1(C)CC=CC1(C)C. The van der Waals surface area contributed by atoms with Gasteiger partial charge in [-0.2, -0.15) is 0 Å². The van der Waals surface area contributed by atoms with E-state index in [0.29, 0.717) is 0 Å². The van der Waals surface area contributed by atoms with Gasteiger partial charge in [0, 0.05) is 5.41 Å². The fourth-order valence-electron chi connectivity index (χ4n) is 2.13. The molecule has 0 aromatic heterocycles. The zero-order valence-electron chi connectivity index (χ0n) is 11.5. The Labute approximate surface area is 104 Å². The first kappa shape index (κ1) is 14.2. The molecule has 0 radical (unpaired) electrons.